The van der Waals surface area contributed by atoms with Crippen molar-refractivity contribution < 1.29 is 23.4 Å². The molecule has 1 aromatic carbocycles. The number of benzene rings is 1. The summed E-state index contributed by atoms with van der Waals surface area (Å²) in [6.45, 7) is 5.29. The number of carbonyl (C=O) groups excluding carboxylic acids is 1. The van der Waals surface area contributed by atoms with Gasteiger partial charge in [0, 0.05) is 20.0 Å². The molecule has 2 rings (SSSR count). The molecule has 158 valence electrons. The van der Waals surface area contributed by atoms with Crippen LogP contribution in [0.2, 0.25) is 0 Å². The predicted molar refractivity (Wildman–Crippen MR) is 105 cm³/mol. The average Bonchev–Trinajstić information content (AvgIpc) is 2.65. The predicted octanol–water partition coefficient (Wildman–Crippen LogP) is 2.79. The van der Waals surface area contributed by atoms with Crippen LogP contribution in [0, 0.1) is 25.6 Å². The van der Waals surface area contributed by atoms with Crippen molar-refractivity contribution in [3.63, 3.8) is 0 Å². The number of hydrogen-bond donors (Lipinski definition) is 0. The molecule has 0 unspecified atom stereocenters. The molecule has 0 aliphatic rings. The van der Waals surface area contributed by atoms with Gasteiger partial charge in [0.15, 0.2) is 0 Å². The van der Waals surface area contributed by atoms with Gasteiger partial charge in [0.1, 0.15) is 18.4 Å². The van der Waals surface area contributed by atoms with Gasteiger partial charge in [0.25, 0.3) is 5.56 Å². The Balaban J connectivity index is 2.08. The summed E-state index contributed by atoms with van der Waals surface area (Å²) >= 11 is 0. The molecule has 0 N–H and O–H groups in total. The van der Waals surface area contributed by atoms with Gasteiger partial charge in [-0.2, -0.15) is 0 Å². The molecule has 0 saturated carbocycles. The van der Waals surface area contributed by atoms with Crippen LogP contribution in [0.15, 0.2) is 29.1 Å². The fourth-order valence-corrected chi connectivity index (χ4v) is 3.03. The van der Waals surface area contributed by atoms with Crippen molar-refractivity contribution >= 4 is 5.97 Å². The number of esters is 1. The fourth-order valence-electron chi connectivity index (χ4n) is 3.03. The van der Waals surface area contributed by atoms with Crippen LogP contribution in [0.25, 0.3) is 0 Å². The maximum Gasteiger partial charge on any atom is 0.302 e. The van der Waals surface area contributed by atoms with E-state index in [9.17, 15) is 14.0 Å². The van der Waals surface area contributed by atoms with E-state index in [0.29, 0.717) is 24.4 Å². The van der Waals surface area contributed by atoms with Gasteiger partial charge in [-0.15, -0.1) is 0 Å². The lowest BCUT2D eigenvalue weighted by Crippen LogP contribution is -2.28. The molecule has 2 aromatic rings. The van der Waals surface area contributed by atoms with Crippen LogP contribution < -0.4 is 10.3 Å². The van der Waals surface area contributed by atoms with Crippen molar-refractivity contribution in [2.45, 2.75) is 40.3 Å². The summed E-state index contributed by atoms with van der Waals surface area (Å²) in [5.41, 5.74) is 0.998. The molecule has 1 heterocycles. The smallest absolute Gasteiger partial charge is 0.302 e. The lowest BCUT2D eigenvalue weighted by molar-refractivity contribution is -0.142. The van der Waals surface area contributed by atoms with Crippen LogP contribution in [0.1, 0.15) is 30.4 Å². The number of halogens is 1. The number of rotatable bonds is 10. The summed E-state index contributed by atoms with van der Waals surface area (Å²) in [4.78, 5) is 28.2. The average molecular weight is 406 g/mol. The van der Waals surface area contributed by atoms with Crippen molar-refractivity contribution in [2.75, 3.05) is 20.3 Å². The van der Waals surface area contributed by atoms with Gasteiger partial charge >= 0.3 is 5.97 Å². The van der Waals surface area contributed by atoms with E-state index in [1.807, 2.05) is 6.07 Å². The number of aromatic nitrogens is 2. The van der Waals surface area contributed by atoms with E-state index in [0.717, 1.165) is 5.56 Å². The molecular formula is C21H27FN2O5. The SMILES string of the molecule is COCn1c(C)nc(C)c(OCC[C@@H](COC(C)=O)Cc2cccc(F)c2)c1=O. The molecule has 1 atom stereocenters. The standard InChI is InChI=1S/C21H27FN2O5/c1-14-20(21(26)24(13-27-4)15(2)23-14)28-9-8-18(12-29-16(3)25)10-17-6-5-7-19(22)11-17/h5-7,11,18H,8-10,12-13H2,1-4H3/t18-/m1/s1. The summed E-state index contributed by atoms with van der Waals surface area (Å²) < 4.78 is 30.8. The summed E-state index contributed by atoms with van der Waals surface area (Å²) in [7, 11) is 1.50. The second-order valence-corrected chi connectivity index (χ2v) is 6.86. The van der Waals surface area contributed by atoms with Gasteiger partial charge in [0.05, 0.1) is 18.9 Å². The molecule has 1 aromatic heterocycles. The van der Waals surface area contributed by atoms with E-state index >= 15 is 0 Å². The number of aryl methyl sites for hydroxylation is 2. The van der Waals surface area contributed by atoms with E-state index in [4.69, 9.17) is 14.2 Å². The highest BCUT2D eigenvalue weighted by atomic mass is 19.1. The van der Waals surface area contributed by atoms with Gasteiger partial charge < -0.3 is 14.2 Å². The normalized spacial score (nSPS) is 11.9. The quantitative estimate of drug-likeness (QED) is 0.565. The van der Waals surface area contributed by atoms with Crippen molar-refractivity contribution in [1.29, 1.82) is 0 Å². The van der Waals surface area contributed by atoms with Crippen molar-refractivity contribution in [1.82, 2.24) is 9.55 Å². The molecule has 0 saturated heterocycles. The van der Waals surface area contributed by atoms with Crippen LogP contribution in [0.3, 0.4) is 0 Å². The van der Waals surface area contributed by atoms with Crippen molar-refractivity contribution in [2.24, 2.45) is 5.92 Å². The third-order valence-corrected chi connectivity index (χ3v) is 4.45. The minimum Gasteiger partial charge on any atom is -0.486 e. The zero-order chi connectivity index (χ0) is 21.4. The highest BCUT2D eigenvalue weighted by Gasteiger charge is 2.16. The summed E-state index contributed by atoms with van der Waals surface area (Å²) in [5.74, 6) is -0.0629. The molecule has 29 heavy (non-hydrogen) atoms. The second kappa shape index (κ2) is 10.7. The van der Waals surface area contributed by atoms with E-state index < -0.39 is 0 Å². The zero-order valence-corrected chi connectivity index (χ0v) is 17.2. The highest BCUT2D eigenvalue weighted by molar-refractivity contribution is 5.65. The van der Waals surface area contributed by atoms with Gasteiger partial charge in [0.2, 0.25) is 5.75 Å². The van der Waals surface area contributed by atoms with Gasteiger partial charge in [-0.3, -0.25) is 14.2 Å². The first-order chi connectivity index (χ1) is 13.8. The van der Waals surface area contributed by atoms with Gasteiger partial charge in [-0.05, 0) is 44.4 Å². The molecule has 0 aliphatic heterocycles. The Morgan fingerprint density at radius 3 is 2.72 bits per heavy atom. The van der Waals surface area contributed by atoms with Crippen LogP contribution in [0.5, 0.6) is 5.75 Å². The van der Waals surface area contributed by atoms with Crippen LogP contribution in [-0.4, -0.2) is 35.8 Å². The molecule has 0 bridgehead atoms. The van der Waals surface area contributed by atoms with Gasteiger partial charge in [-0.25, -0.2) is 9.37 Å². The first kappa shape index (κ1) is 22.5. The lowest BCUT2D eigenvalue weighted by atomic mass is 9.97. The molecular weight excluding hydrogens is 379 g/mol. The molecule has 0 fully saturated rings. The largest absolute Gasteiger partial charge is 0.486 e. The zero-order valence-electron chi connectivity index (χ0n) is 17.2. The van der Waals surface area contributed by atoms with Crippen LogP contribution >= 0.6 is 0 Å². The minimum atomic E-state index is -0.379. The summed E-state index contributed by atoms with van der Waals surface area (Å²) in [6.07, 6.45) is 1.04. The minimum absolute atomic E-state index is 0.0828. The number of nitrogens with zero attached hydrogens (tertiary/aromatic N) is 2. The molecule has 7 nitrogen and oxygen atoms in total. The third-order valence-electron chi connectivity index (χ3n) is 4.45. The molecule has 0 spiro atoms. The maximum absolute atomic E-state index is 13.5. The number of carbonyl (C=O) groups is 1. The Labute approximate surface area is 169 Å². The van der Waals surface area contributed by atoms with E-state index in [1.54, 1.807) is 19.9 Å². The number of ether oxygens (including phenoxy) is 3. The Morgan fingerprint density at radius 2 is 2.07 bits per heavy atom. The van der Waals surface area contributed by atoms with Crippen molar-refractivity contribution in [3.05, 3.63) is 57.5 Å². The molecule has 0 radical (unpaired) electrons. The van der Waals surface area contributed by atoms with E-state index in [2.05, 4.69) is 4.98 Å². The summed E-state index contributed by atoms with van der Waals surface area (Å²) in [6, 6.07) is 6.30. The lowest BCUT2D eigenvalue weighted by Gasteiger charge is -2.18. The number of hydrogen-bond acceptors (Lipinski definition) is 6. The van der Waals surface area contributed by atoms with Crippen LogP contribution in [-0.2, 0) is 27.4 Å². The third kappa shape index (κ3) is 6.67. The Bertz CT molecular complexity index is 897. The molecule has 0 amide bonds. The monoisotopic (exact) mass is 406 g/mol. The highest BCUT2D eigenvalue weighted by Crippen LogP contribution is 2.17. The summed E-state index contributed by atoms with van der Waals surface area (Å²) in [5, 5.41) is 0. The molecule has 8 heteroatoms. The Kier molecular flexibility index (Phi) is 8.33. The molecule has 0 aliphatic carbocycles. The second-order valence-electron chi connectivity index (χ2n) is 6.86. The first-order valence-electron chi connectivity index (χ1n) is 9.39. The Hall–Kier alpha value is -2.74. The van der Waals surface area contributed by atoms with E-state index in [1.165, 1.54) is 30.7 Å². The van der Waals surface area contributed by atoms with Crippen LogP contribution in [0.4, 0.5) is 4.39 Å². The maximum atomic E-state index is 13.5. The van der Waals surface area contributed by atoms with E-state index in [-0.39, 0.29) is 49.0 Å². The first-order valence-corrected chi connectivity index (χ1v) is 9.39. The number of methoxy groups -OCH3 is 1. The fraction of sp³-hybridized carbons (Fsp3) is 0.476. The van der Waals surface area contributed by atoms with Crippen molar-refractivity contribution in [3.8, 4) is 5.75 Å². The topological polar surface area (TPSA) is 79.7 Å². The Morgan fingerprint density at radius 1 is 1.31 bits per heavy atom. The van der Waals surface area contributed by atoms with Gasteiger partial charge in [-0.1, -0.05) is 12.1 Å².